The normalized spacial score (nSPS) is 29.4. The molecule has 0 aliphatic carbocycles. The number of rotatable bonds is 5. The van der Waals surface area contributed by atoms with Gasteiger partial charge in [0.25, 0.3) is 0 Å². The predicted molar refractivity (Wildman–Crippen MR) is 77.7 cm³/mol. The predicted octanol–water partition coefficient (Wildman–Crippen LogP) is 5.55. The zero-order chi connectivity index (χ0) is 12.1. The van der Waals surface area contributed by atoms with Crippen molar-refractivity contribution in [1.82, 2.24) is 0 Å². The van der Waals surface area contributed by atoms with Crippen molar-refractivity contribution >= 4 is 8.07 Å². The topological polar surface area (TPSA) is 0 Å². The van der Waals surface area contributed by atoms with Gasteiger partial charge in [-0.1, -0.05) is 76.6 Å². The molecule has 1 unspecified atom stereocenters. The fourth-order valence-corrected chi connectivity index (χ4v) is 9.85. The first-order chi connectivity index (χ1) is 7.70. The van der Waals surface area contributed by atoms with Crippen molar-refractivity contribution in [2.45, 2.75) is 69.6 Å². The van der Waals surface area contributed by atoms with Gasteiger partial charge < -0.3 is 0 Å². The Hall–Kier alpha value is -0.303. The van der Waals surface area contributed by atoms with Crippen molar-refractivity contribution < 1.29 is 0 Å². The molecule has 0 aromatic carbocycles. The molecule has 0 radical (unpaired) electrons. The summed E-state index contributed by atoms with van der Waals surface area (Å²) in [6.07, 6.45) is 12.4. The molecule has 0 aromatic rings. The van der Waals surface area contributed by atoms with Gasteiger partial charge in [-0.3, -0.25) is 0 Å². The van der Waals surface area contributed by atoms with Crippen LogP contribution in [0, 0.1) is 0 Å². The second-order valence-electron chi connectivity index (χ2n) is 5.30. The van der Waals surface area contributed by atoms with E-state index < -0.39 is 8.07 Å². The van der Waals surface area contributed by atoms with Crippen LogP contribution in [0.1, 0.15) is 46.5 Å². The zero-order valence-electron chi connectivity index (χ0n) is 11.4. The average Bonchev–Trinajstić information content (AvgIpc) is 2.36. The Labute approximate surface area is 103 Å². The molecule has 0 aromatic heterocycles. The summed E-state index contributed by atoms with van der Waals surface area (Å²) in [6.45, 7) is 11.1. The van der Waals surface area contributed by atoms with E-state index in [2.05, 4.69) is 39.5 Å². The summed E-state index contributed by atoms with van der Waals surface area (Å²) in [4.78, 5) is 0. The van der Waals surface area contributed by atoms with Crippen LogP contribution in [0.3, 0.4) is 0 Å². The third-order valence-corrected chi connectivity index (χ3v) is 12.0. The second-order valence-corrected chi connectivity index (χ2v) is 10.8. The molecule has 92 valence electrons. The Kier molecular flexibility index (Phi) is 5.04. The molecule has 16 heavy (non-hydrogen) atoms. The SMILES string of the molecule is C=CC=CC1(CC)CCCC[Si]1(CC)CC. The standard InChI is InChI=1S/C15H28Si/c1-5-9-12-15(6-2)13-10-11-14-16(15,7-3)8-4/h5,9,12H,1,6-8,10-11,13-14H2,2-4H3. The Bertz CT molecular complexity index is 250. The van der Waals surface area contributed by atoms with Gasteiger partial charge in [-0.05, 0) is 17.9 Å². The van der Waals surface area contributed by atoms with Crippen LogP contribution in [0.5, 0.6) is 0 Å². The summed E-state index contributed by atoms with van der Waals surface area (Å²) < 4.78 is 0. The lowest BCUT2D eigenvalue weighted by Crippen LogP contribution is -2.48. The molecule has 0 saturated carbocycles. The maximum atomic E-state index is 3.84. The number of allylic oxidation sites excluding steroid dienone is 3. The highest BCUT2D eigenvalue weighted by Crippen LogP contribution is 2.56. The van der Waals surface area contributed by atoms with E-state index in [4.69, 9.17) is 0 Å². The van der Waals surface area contributed by atoms with Crippen molar-refractivity contribution in [3.63, 3.8) is 0 Å². The molecule has 0 nitrogen and oxygen atoms in total. The number of hydrogen-bond acceptors (Lipinski definition) is 0. The van der Waals surface area contributed by atoms with E-state index in [1.807, 2.05) is 6.08 Å². The van der Waals surface area contributed by atoms with Crippen LogP contribution >= 0.6 is 0 Å². The van der Waals surface area contributed by atoms with Crippen molar-refractivity contribution in [1.29, 1.82) is 0 Å². The van der Waals surface area contributed by atoms with Crippen LogP contribution in [-0.4, -0.2) is 8.07 Å². The number of hydrogen-bond donors (Lipinski definition) is 0. The monoisotopic (exact) mass is 236 g/mol. The van der Waals surface area contributed by atoms with Gasteiger partial charge in [0.15, 0.2) is 0 Å². The minimum atomic E-state index is -1.08. The Morgan fingerprint density at radius 1 is 1.19 bits per heavy atom. The van der Waals surface area contributed by atoms with Crippen molar-refractivity contribution in [2.75, 3.05) is 0 Å². The van der Waals surface area contributed by atoms with Gasteiger partial charge in [-0.15, -0.1) is 0 Å². The fourth-order valence-electron chi connectivity index (χ4n) is 3.91. The van der Waals surface area contributed by atoms with Gasteiger partial charge in [-0.2, -0.15) is 0 Å². The van der Waals surface area contributed by atoms with Crippen molar-refractivity contribution in [3.8, 4) is 0 Å². The summed E-state index contributed by atoms with van der Waals surface area (Å²) in [5.41, 5.74) is 0. The molecular formula is C15H28Si. The van der Waals surface area contributed by atoms with E-state index in [1.54, 1.807) is 6.04 Å². The fraction of sp³-hybridized carbons (Fsp3) is 0.733. The maximum Gasteiger partial charge on any atom is 0.0635 e. The largest absolute Gasteiger partial charge is 0.0991 e. The average molecular weight is 236 g/mol. The minimum Gasteiger partial charge on any atom is -0.0991 e. The van der Waals surface area contributed by atoms with Crippen LogP contribution in [0.25, 0.3) is 0 Å². The molecule has 1 saturated heterocycles. The maximum absolute atomic E-state index is 3.84. The van der Waals surface area contributed by atoms with E-state index in [0.717, 1.165) is 0 Å². The summed E-state index contributed by atoms with van der Waals surface area (Å²) in [5, 5.41) is 0.572. The molecule has 1 aliphatic rings. The van der Waals surface area contributed by atoms with Crippen LogP contribution in [0.2, 0.25) is 23.2 Å². The molecule has 1 fully saturated rings. The van der Waals surface area contributed by atoms with Crippen LogP contribution in [-0.2, 0) is 0 Å². The minimum absolute atomic E-state index is 0.572. The summed E-state index contributed by atoms with van der Waals surface area (Å²) in [6, 6.07) is 4.47. The van der Waals surface area contributed by atoms with Crippen LogP contribution in [0.15, 0.2) is 24.8 Å². The first kappa shape index (κ1) is 13.8. The second kappa shape index (κ2) is 5.86. The molecule has 0 spiro atoms. The summed E-state index contributed by atoms with van der Waals surface area (Å²) in [5.74, 6) is 0. The molecule has 1 atom stereocenters. The van der Waals surface area contributed by atoms with Crippen molar-refractivity contribution in [2.24, 2.45) is 0 Å². The Balaban J connectivity index is 3.08. The Morgan fingerprint density at radius 3 is 2.38 bits per heavy atom. The van der Waals surface area contributed by atoms with Gasteiger partial charge in [0.05, 0.1) is 8.07 Å². The first-order valence-electron chi connectivity index (χ1n) is 7.00. The van der Waals surface area contributed by atoms with Crippen molar-refractivity contribution in [3.05, 3.63) is 24.8 Å². The van der Waals surface area contributed by atoms with Gasteiger partial charge in [0.1, 0.15) is 0 Å². The van der Waals surface area contributed by atoms with E-state index in [1.165, 1.54) is 37.8 Å². The van der Waals surface area contributed by atoms with Crippen LogP contribution in [0.4, 0.5) is 0 Å². The molecule has 0 amide bonds. The molecule has 1 heterocycles. The molecule has 1 rings (SSSR count). The quantitative estimate of drug-likeness (QED) is 0.433. The summed E-state index contributed by atoms with van der Waals surface area (Å²) in [7, 11) is -1.08. The van der Waals surface area contributed by atoms with E-state index in [9.17, 15) is 0 Å². The first-order valence-corrected chi connectivity index (χ1v) is 9.62. The highest BCUT2D eigenvalue weighted by atomic mass is 28.3. The van der Waals surface area contributed by atoms with Gasteiger partial charge in [0, 0.05) is 0 Å². The molecule has 1 heteroatoms. The molecule has 0 bridgehead atoms. The van der Waals surface area contributed by atoms with E-state index in [0.29, 0.717) is 5.04 Å². The van der Waals surface area contributed by atoms with Crippen LogP contribution < -0.4 is 0 Å². The summed E-state index contributed by atoms with van der Waals surface area (Å²) >= 11 is 0. The third-order valence-electron chi connectivity index (χ3n) is 5.12. The van der Waals surface area contributed by atoms with Gasteiger partial charge >= 0.3 is 0 Å². The molecule has 0 N–H and O–H groups in total. The zero-order valence-corrected chi connectivity index (χ0v) is 12.4. The lowest BCUT2D eigenvalue weighted by Gasteiger charge is -2.51. The highest BCUT2D eigenvalue weighted by molar-refractivity contribution is 6.83. The van der Waals surface area contributed by atoms with Gasteiger partial charge in [-0.25, -0.2) is 0 Å². The van der Waals surface area contributed by atoms with E-state index in [-0.39, 0.29) is 0 Å². The lowest BCUT2D eigenvalue weighted by molar-refractivity contribution is 0.495. The smallest absolute Gasteiger partial charge is 0.0635 e. The third kappa shape index (κ3) is 2.20. The molecule has 1 aliphatic heterocycles. The lowest BCUT2D eigenvalue weighted by atomic mass is 9.96. The Morgan fingerprint density at radius 2 is 1.88 bits per heavy atom. The highest BCUT2D eigenvalue weighted by Gasteiger charge is 2.48. The van der Waals surface area contributed by atoms with Gasteiger partial charge in [0.2, 0.25) is 0 Å². The molecular weight excluding hydrogens is 208 g/mol. The van der Waals surface area contributed by atoms with E-state index >= 15 is 0 Å².